The number of carbonyl (C=O) groups excluding carboxylic acids is 3. The molecular formula is C33H26Cl2N2O6S. The lowest BCUT2D eigenvalue weighted by Gasteiger charge is -2.23. The maximum atomic E-state index is 13.5. The van der Waals surface area contributed by atoms with Crippen molar-refractivity contribution in [3.05, 3.63) is 128 Å². The molecule has 4 aromatic rings. The van der Waals surface area contributed by atoms with Crippen molar-refractivity contribution in [2.75, 3.05) is 11.5 Å². The Morgan fingerprint density at radius 3 is 2.50 bits per heavy atom. The molecule has 1 aliphatic heterocycles. The summed E-state index contributed by atoms with van der Waals surface area (Å²) in [6, 6.07) is 18.0. The average molecular weight is 650 g/mol. The summed E-state index contributed by atoms with van der Waals surface area (Å²) >= 11 is 13.4. The van der Waals surface area contributed by atoms with Gasteiger partial charge in [-0.15, -0.1) is 0 Å². The monoisotopic (exact) mass is 648 g/mol. The number of aliphatic hydroxyl groups excluding tert-OH is 1. The molecule has 1 saturated heterocycles. The van der Waals surface area contributed by atoms with Gasteiger partial charge in [0, 0.05) is 5.56 Å². The van der Waals surface area contributed by atoms with Gasteiger partial charge < -0.3 is 14.6 Å². The highest BCUT2D eigenvalue weighted by molar-refractivity contribution is 7.17. The van der Waals surface area contributed by atoms with Crippen LogP contribution in [0.25, 0.3) is 5.76 Å². The zero-order valence-corrected chi connectivity index (χ0v) is 26.0. The summed E-state index contributed by atoms with van der Waals surface area (Å²) in [5.41, 5.74) is 2.96. The number of amides is 1. The number of hydrogen-bond acceptors (Lipinski definition) is 8. The van der Waals surface area contributed by atoms with Gasteiger partial charge in [-0.05, 0) is 61.4 Å². The summed E-state index contributed by atoms with van der Waals surface area (Å²) in [6.45, 7) is 7.48. The minimum absolute atomic E-state index is 0.00491. The molecule has 5 rings (SSSR count). The minimum Gasteiger partial charge on any atom is -0.507 e. The number of carbonyl (C=O) groups is 3. The van der Waals surface area contributed by atoms with E-state index in [0.717, 1.165) is 27.4 Å². The van der Waals surface area contributed by atoms with Crippen LogP contribution in [0.15, 0.2) is 85.0 Å². The Morgan fingerprint density at radius 1 is 1.07 bits per heavy atom. The van der Waals surface area contributed by atoms with Gasteiger partial charge >= 0.3 is 11.9 Å². The number of hydrogen-bond donors (Lipinski definition) is 1. The molecule has 3 aromatic carbocycles. The highest BCUT2D eigenvalue weighted by Crippen LogP contribution is 2.45. The third kappa shape index (κ3) is 6.26. The number of nitrogens with zero attached hydrogens (tertiary/aromatic N) is 2. The van der Waals surface area contributed by atoms with Crippen molar-refractivity contribution in [3.63, 3.8) is 0 Å². The number of ketones is 1. The van der Waals surface area contributed by atoms with Crippen LogP contribution in [-0.2, 0) is 20.9 Å². The number of ether oxygens (including phenoxy) is 2. The van der Waals surface area contributed by atoms with Crippen molar-refractivity contribution in [2.24, 2.45) is 0 Å². The molecule has 1 unspecified atom stereocenters. The molecule has 11 heteroatoms. The standard InChI is InChI=1S/C33H26Cl2N2O6S/c1-4-14-42-32(41)30-19(3)36-33(44-30)37-27(22-10-13-24(34)25(35)16-22)26(29(39)31(37)40)28(38)21-8-11-23(12-9-21)43-17-20-7-5-6-18(2)15-20/h4-13,15-16,27,38H,1,14,17H2,2-3H3/b28-26+. The number of rotatable bonds is 9. The van der Waals surface area contributed by atoms with Gasteiger partial charge in [0.2, 0.25) is 0 Å². The van der Waals surface area contributed by atoms with Crippen LogP contribution in [0.4, 0.5) is 5.13 Å². The Morgan fingerprint density at radius 2 is 1.82 bits per heavy atom. The van der Waals surface area contributed by atoms with E-state index >= 15 is 0 Å². The molecule has 1 aliphatic rings. The van der Waals surface area contributed by atoms with Gasteiger partial charge in [-0.1, -0.05) is 83.1 Å². The first kappa shape index (κ1) is 31.0. The first-order valence-corrected chi connectivity index (χ1v) is 15.0. The Bertz CT molecular complexity index is 1820. The lowest BCUT2D eigenvalue weighted by Crippen LogP contribution is -2.29. The quantitative estimate of drug-likeness (QED) is 0.0654. The Kier molecular flexibility index (Phi) is 9.20. The summed E-state index contributed by atoms with van der Waals surface area (Å²) in [5.74, 6) is -2.34. The molecule has 1 atom stereocenters. The van der Waals surface area contributed by atoms with Gasteiger partial charge in [-0.2, -0.15) is 0 Å². The third-order valence-electron chi connectivity index (χ3n) is 6.83. The van der Waals surface area contributed by atoms with E-state index in [1.807, 2.05) is 31.2 Å². The molecule has 0 radical (unpaired) electrons. The van der Waals surface area contributed by atoms with Crippen LogP contribution >= 0.6 is 34.5 Å². The van der Waals surface area contributed by atoms with E-state index in [1.54, 1.807) is 37.3 Å². The molecule has 1 aromatic heterocycles. The number of aryl methyl sites for hydroxylation is 2. The highest BCUT2D eigenvalue weighted by atomic mass is 35.5. The van der Waals surface area contributed by atoms with Crippen LogP contribution in [-0.4, -0.2) is 34.4 Å². The van der Waals surface area contributed by atoms with E-state index in [0.29, 0.717) is 29.2 Å². The number of esters is 1. The summed E-state index contributed by atoms with van der Waals surface area (Å²) in [6.07, 6.45) is 1.43. The second-order valence-electron chi connectivity index (χ2n) is 9.94. The van der Waals surface area contributed by atoms with Crippen LogP contribution in [0.5, 0.6) is 5.75 Å². The molecule has 0 aliphatic carbocycles. The Balaban J connectivity index is 1.53. The molecular weight excluding hydrogens is 623 g/mol. The number of aromatic nitrogens is 1. The summed E-state index contributed by atoms with van der Waals surface area (Å²) in [5, 5.41) is 12.0. The molecule has 1 amide bonds. The van der Waals surface area contributed by atoms with Crippen molar-refractivity contribution >= 4 is 63.1 Å². The van der Waals surface area contributed by atoms with E-state index in [4.69, 9.17) is 32.7 Å². The molecule has 1 N–H and O–H groups in total. The lowest BCUT2D eigenvalue weighted by molar-refractivity contribution is -0.132. The van der Waals surface area contributed by atoms with E-state index in [-0.39, 0.29) is 32.2 Å². The predicted molar refractivity (Wildman–Crippen MR) is 171 cm³/mol. The van der Waals surface area contributed by atoms with E-state index in [2.05, 4.69) is 11.6 Å². The van der Waals surface area contributed by atoms with Crippen LogP contribution in [0.1, 0.15) is 43.7 Å². The fourth-order valence-electron chi connectivity index (χ4n) is 4.74. The van der Waals surface area contributed by atoms with Crippen molar-refractivity contribution in [1.29, 1.82) is 0 Å². The molecule has 0 spiro atoms. The zero-order chi connectivity index (χ0) is 31.5. The van der Waals surface area contributed by atoms with E-state index < -0.39 is 29.5 Å². The molecule has 224 valence electrons. The number of aliphatic hydroxyl groups is 1. The largest absolute Gasteiger partial charge is 0.507 e. The van der Waals surface area contributed by atoms with Crippen molar-refractivity contribution in [1.82, 2.24) is 4.98 Å². The van der Waals surface area contributed by atoms with Gasteiger partial charge in [0.1, 0.15) is 29.6 Å². The molecule has 0 saturated carbocycles. The summed E-state index contributed by atoms with van der Waals surface area (Å²) in [7, 11) is 0. The maximum absolute atomic E-state index is 13.5. The number of anilines is 1. The molecule has 0 bridgehead atoms. The van der Waals surface area contributed by atoms with E-state index in [9.17, 15) is 19.5 Å². The SMILES string of the molecule is C=CCOC(=O)c1sc(N2C(=O)C(=O)/C(=C(/O)c3ccc(OCc4cccc(C)c4)cc3)C2c2ccc(Cl)c(Cl)c2)nc1C. The molecule has 1 fully saturated rings. The van der Waals surface area contributed by atoms with Crippen LogP contribution in [0.2, 0.25) is 10.0 Å². The summed E-state index contributed by atoms with van der Waals surface area (Å²) < 4.78 is 11.0. The molecule has 8 nitrogen and oxygen atoms in total. The Labute approximate surface area is 267 Å². The molecule has 44 heavy (non-hydrogen) atoms. The van der Waals surface area contributed by atoms with Crippen LogP contribution in [0, 0.1) is 13.8 Å². The van der Waals surface area contributed by atoms with Crippen LogP contribution in [0.3, 0.4) is 0 Å². The van der Waals surface area contributed by atoms with Gasteiger partial charge in [0.05, 0.1) is 27.4 Å². The first-order valence-electron chi connectivity index (χ1n) is 13.4. The van der Waals surface area contributed by atoms with Crippen LogP contribution < -0.4 is 9.64 Å². The number of benzene rings is 3. The van der Waals surface area contributed by atoms with Gasteiger partial charge in [-0.25, -0.2) is 9.78 Å². The van der Waals surface area contributed by atoms with E-state index in [1.165, 1.54) is 18.2 Å². The topological polar surface area (TPSA) is 106 Å². The van der Waals surface area contributed by atoms with Crippen molar-refractivity contribution in [2.45, 2.75) is 26.5 Å². The average Bonchev–Trinajstić information content (AvgIpc) is 3.52. The minimum atomic E-state index is -1.12. The predicted octanol–water partition coefficient (Wildman–Crippen LogP) is 7.61. The fourth-order valence-corrected chi connectivity index (χ4v) is 6.03. The maximum Gasteiger partial charge on any atom is 0.350 e. The van der Waals surface area contributed by atoms with Crippen molar-refractivity contribution < 1.29 is 29.0 Å². The van der Waals surface area contributed by atoms with Gasteiger partial charge in [-0.3, -0.25) is 14.5 Å². The third-order valence-corrected chi connectivity index (χ3v) is 8.70. The van der Waals surface area contributed by atoms with Gasteiger partial charge in [0.15, 0.2) is 5.13 Å². The normalized spacial score (nSPS) is 15.8. The van der Waals surface area contributed by atoms with Gasteiger partial charge in [0.25, 0.3) is 5.78 Å². The number of Topliss-reactive ketones (excluding diaryl/α,β-unsaturated/α-hetero) is 1. The second kappa shape index (κ2) is 13.1. The fraction of sp³-hybridized carbons (Fsp3) is 0.152. The summed E-state index contributed by atoms with van der Waals surface area (Å²) in [4.78, 5) is 45.4. The smallest absolute Gasteiger partial charge is 0.350 e. The number of thiazole rings is 1. The highest BCUT2D eigenvalue weighted by Gasteiger charge is 2.48. The number of halogens is 2. The molecule has 2 heterocycles. The second-order valence-corrected chi connectivity index (χ2v) is 11.7. The zero-order valence-electron chi connectivity index (χ0n) is 23.7. The first-order chi connectivity index (χ1) is 21.1. The Hall–Kier alpha value is -4.44. The van der Waals surface area contributed by atoms with Crippen molar-refractivity contribution in [3.8, 4) is 5.75 Å². The lowest BCUT2D eigenvalue weighted by atomic mass is 9.95.